The van der Waals surface area contributed by atoms with Crippen LogP contribution in [-0.4, -0.2) is 45.0 Å². The predicted molar refractivity (Wildman–Crippen MR) is 131 cm³/mol. The number of hydrogen-bond donors (Lipinski definition) is 1. The van der Waals surface area contributed by atoms with E-state index < -0.39 is 0 Å². The Labute approximate surface area is 203 Å². The molecular weight excluding hydrogens is 510 g/mol. The third-order valence-corrected chi connectivity index (χ3v) is 7.90. The molecule has 0 bridgehead atoms. The molecule has 3 aromatic rings. The van der Waals surface area contributed by atoms with Crippen LogP contribution in [0.4, 0.5) is 5.13 Å². The summed E-state index contributed by atoms with van der Waals surface area (Å²) in [6.07, 6.45) is 2.94. The highest BCUT2D eigenvalue weighted by Gasteiger charge is 2.26. The number of halogens is 1. The largest absolute Gasteiger partial charge is 0.343 e. The highest BCUT2D eigenvalue weighted by molar-refractivity contribution is 9.10. The van der Waals surface area contributed by atoms with Crippen LogP contribution in [0.25, 0.3) is 11.3 Å². The van der Waals surface area contributed by atoms with Gasteiger partial charge < -0.3 is 10.2 Å². The first-order valence-corrected chi connectivity index (χ1v) is 13.1. The molecule has 1 saturated heterocycles. The summed E-state index contributed by atoms with van der Waals surface area (Å²) in [6.45, 7) is 3.39. The zero-order chi connectivity index (χ0) is 22.5. The number of carbonyl (C=O) groups is 2. The summed E-state index contributed by atoms with van der Waals surface area (Å²) in [6, 6.07) is 8.16. The molecule has 7 nitrogen and oxygen atoms in total. The Balaban J connectivity index is 1.24. The predicted octanol–water partition coefficient (Wildman–Crippen LogP) is 5.11. The molecule has 0 unspecified atom stereocenters. The van der Waals surface area contributed by atoms with Gasteiger partial charge in [0.05, 0.1) is 10.7 Å². The van der Waals surface area contributed by atoms with Crippen LogP contribution in [0.5, 0.6) is 0 Å². The Kier molecular flexibility index (Phi) is 7.64. The number of rotatable bonds is 7. The Morgan fingerprint density at radius 3 is 2.75 bits per heavy atom. The first-order valence-electron chi connectivity index (χ1n) is 10.6. The van der Waals surface area contributed by atoms with E-state index in [4.69, 9.17) is 4.98 Å². The van der Waals surface area contributed by atoms with Gasteiger partial charge in [0, 0.05) is 47.3 Å². The van der Waals surface area contributed by atoms with Crippen LogP contribution in [0, 0.1) is 0 Å². The SMILES string of the molecule is CCc1nnc(NC(=O)CCC(=O)N2CCC(c3nc(-c4cccc(Br)c4)cs3)CC2)s1. The number of aromatic nitrogens is 3. The molecule has 1 N–H and O–H groups in total. The molecule has 4 rings (SSSR count). The van der Waals surface area contributed by atoms with Crippen molar-refractivity contribution in [2.75, 3.05) is 18.4 Å². The van der Waals surface area contributed by atoms with Crippen LogP contribution in [0.2, 0.25) is 0 Å². The molecule has 0 saturated carbocycles. The van der Waals surface area contributed by atoms with Gasteiger partial charge in [-0.1, -0.05) is 46.3 Å². The number of aryl methyl sites for hydroxylation is 1. The Morgan fingerprint density at radius 1 is 1.22 bits per heavy atom. The topological polar surface area (TPSA) is 88.1 Å². The number of anilines is 1. The summed E-state index contributed by atoms with van der Waals surface area (Å²) in [5, 5.41) is 15.3. The zero-order valence-corrected chi connectivity index (χ0v) is 20.9. The van der Waals surface area contributed by atoms with Crippen molar-refractivity contribution in [3.63, 3.8) is 0 Å². The molecule has 0 spiro atoms. The Hall–Kier alpha value is -2.17. The molecule has 168 valence electrons. The monoisotopic (exact) mass is 533 g/mol. The number of carbonyl (C=O) groups excluding carboxylic acids is 2. The van der Waals surface area contributed by atoms with Crippen LogP contribution in [0.15, 0.2) is 34.1 Å². The number of thiazole rings is 1. The lowest BCUT2D eigenvalue weighted by Gasteiger charge is -2.31. The second-order valence-electron chi connectivity index (χ2n) is 7.64. The molecule has 3 heterocycles. The van der Waals surface area contributed by atoms with Gasteiger partial charge in [-0.05, 0) is 31.4 Å². The van der Waals surface area contributed by atoms with E-state index in [9.17, 15) is 9.59 Å². The van der Waals surface area contributed by atoms with Crippen LogP contribution in [-0.2, 0) is 16.0 Å². The summed E-state index contributed by atoms with van der Waals surface area (Å²) in [7, 11) is 0. The van der Waals surface area contributed by atoms with Crippen molar-refractivity contribution < 1.29 is 9.59 Å². The molecule has 0 radical (unpaired) electrons. The van der Waals surface area contributed by atoms with Crippen molar-refractivity contribution in [2.24, 2.45) is 0 Å². The molecule has 0 atom stereocenters. The fraction of sp³-hybridized carbons (Fsp3) is 0.409. The maximum atomic E-state index is 12.6. The number of nitrogens with zero attached hydrogens (tertiary/aromatic N) is 4. The van der Waals surface area contributed by atoms with Gasteiger partial charge in [0.2, 0.25) is 16.9 Å². The second kappa shape index (κ2) is 10.6. The maximum absolute atomic E-state index is 12.6. The highest BCUT2D eigenvalue weighted by atomic mass is 79.9. The molecule has 2 amide bonds. The number of amides is 2. The van der Waals surface area contributed by atoms with E-state index in [-0.39, 0.29) is 24.7 Å². The van der Waals surface area contributed by atoms with Crippen LogP contribution >= 0.6 is 38.6 Å². The van der Waals surface area contributed by atoms with E-state index in [2.05, 4.69) is 49.0 Å². The molecule has 10 heteroatoms. The Morgan fingerprint density at radius 2 is 2.03 bits per heavy atom. The number of nitrogens with one attached hydrogen (secondary N) is 1. The van der Waals surface area contributed by atoms with Crippen molar-refractivity contribution in [1.29, 1.82) is 0 Å². The van der Waals surface area contributed by atoms with Crippen molar-refractivity contribution in [3.8, 4) is 11.3 Å². The first-order chi connectivity index (χ1) is 15.5. The minimum Gasteiger partial charge on any atom is -0.343 e. The van der Waals surface area contributed by atoms with E-state index in [1.807, 2.05) is 24.0 Å². The molecule has 1 aromatic carbocycles. The smallest absolute Gasteiger partial charge is 0.226 e. The van der Waals surface area contributed by atoms with E-state index >= 15 is 0 Å². The fourth-order valence-electron chi connectivity index (χ4n) is 3.64. The molecule has 1 fully saturated rings. The molecule has 32 heavy (non-hydrogen) atoms. The van der Waals surface area contributed by atoms with Crippen molar-refractivity contribution >= 4 is 55.5 Å². The van der Waals surface area contributed by atoms with E-state index in [1.54, 1.807) is 11.3 Å². The van der Waals surface area contributed by atoms with Gasteiger partial charge in [-0.15, -0.1) is 21.5 Å². The number of likely N-dealkylation sites (tertiary alicyclic amines) is 1. The molecule has 0 aliphatic carbocycles. The minimum absolute atomic E-state index is 0.0269. The van der Waals surface area contributed by atoms with Gasteiger partial charge in [0.15, 0.2) is 0 Å². The van der Waals surface area contributed by atoms with E-state index in [0.717, 1.165) is 45.0 Å². The minimum atomic E-state index is -0.199. The van der Waals surface area contributed by atoms with Gasteiger partial charge in [-0.25, -0.2) is 4.98 Å². The van der Waals surface area contributed by atoms with Crippen LogP contribution in [0.3, 0.4) is 0 Å². The molecule has 1 aliphatic rings. The van der Waals surface area contributed by atoms with Gasteiger partial charge in [-0.3, -0.25) is 9.59 Å². The van der Waals surface area contributed by atoms with Crippen molar-refractivity contribution in [3.05, 3.63) is 44.1 Å². The quantitative estimate of drug-likeness (QED) is 0.455. The summed E-state index contributed by atoms with van der Waals surface area (Å²) in [4.78, 5) is 31.4. The van der Waals surface area contributed by atoms with Gasteiger partial charge in [0.1, 0.15) is 5.01 Å². The second-order valence-corrected chi connectivity index (χ2v) is 10.5. The fourth-order valence-corrected chi connectivity index (χ4v) is 5.73. The summed E-state index contributed by atoms with van der Waals surface area (Å²) < 4.78 is 1.04. The Bertz CT molecular complexity index is 1090. The molecule has 2 aromatic heterocycles. The van der Waals surface area contributed by atoms with E-state index in [0.29, 0.717) is 24.1 Å². The first kappa shape index (κ1) is 23.0. The normalized spacial score (nSPS) is 14.5. The van der Waals surface area contributed by atoms with Crippen molar-refractivity contribution in [2.45, 2.75) is 44.9 Å². The summed E-state index contributed by atoms with van der Waals surface area (Å²) >= 11 is 6.57. The average Bonchev–Trinajstić information content (AvgIpc) is 3.47. The third kappa shape index (κ3) is 5.79. The highest BCUT2D eigenvalue weighted by Crippen LogP contribution is 2.33. The lowest BCUT2D eigenvalue weighted by Crippen LogP contribution is -2.38. The lowest BCUT2D eigenvalue weighted by atomic mass is 9.97. The number of hydrogen-bond acceptors (Lipinski definition) is 7. The van der Waals surface area contributed by atoms with Crippen LogP contribution < -0.4 is 5.32 Å². The van der Waals surface area contributed by atoms with E-state index in [1.165, 1.54) is 11.3 Å². The standard InChI is InChI=1S/C22H24BrN5O2S2/c1-2-19-26-27-22(32-19)25-18(29)6-7-20(30)28-10-8-14(9-11-28)21-24-17(13-31-21)15-4-3-5-16(23)12-15/h3-5,12-14H,2,6-11H2,1H3,(H,25,27,29). The zero-order valence-electron chi connectivity index (χ0n) is 17.7. The molecular formula is C22H24BrN5O2S2. The number of benzene rings is 1. The maximum Gasteiger partial charge on any atom is 0.226 e. The van der Waals surface area contributed by atoms with Crippen LogP contribution in [0.1, 0.15) is 48.5 Å². The van der Waals surface area contributed by atoms with Gasteiger partial charge >= 0.3 is 0 Å². The average molecular weight is 535 g/mol. The van der Waals surface area contributed by atoms with Gasteiger partial charge in [0.25, 0.3) is 0 Å². The molecule has 1 aliphatic heterocycles. The summed E-state index contributed by atoms with van der Waals surface area (Å²) in [5.74, 6) is 0.201. The van der Waals surface area contributed by atoms with Gasteiger partial charge in [-0.2, -0.15) is 0 Å². The third-order valence-electron chi connectivity index (χ3n) is 5.42. The van der Waals surface area contributed by atoms with Crippen molar-refractivity contribution in [1.82, 2.24) is 20.1 Å². The number of piperidine rings is 1. The lowest BCUT2D eigenvalue weighted by molar-refractivity contribution is -0.133. The summed E-state index contributed by atoms with van der Waals surface area (Å²) in [5.41, 5.74) is 2.10.